The molecule has 1 aromatic heterocycles. The van der Waals surface area contributed by atoms with Crippen LogP contribution in [-0.2, 0) is 11.2 Å². The van der Waals surface area contributed by atoms with Crippen LogP contribution in [0.15, 0.2) is 59.6 Å². The number of nitrogens with one attached hydrogen (secondary N) is 3. The van der Waals surface area contributed by atoms with E-state index < -0.39 is 0 Å². The lowest BCUT2D eigenvalue weighted by Crippen LogP contribution is -2.38. The van der Waals surface area contributed by atoms with E-state index in [9.17, 15) is 0 Å². The molecule has 0 spiro atoms. The molecule has 29 heavy (non-hydrogen) atoms. The van der Waals surface area contributed by atoms with Crippen molar-refractivity contribution in [1.29, 1.82) is 0 Å². The standard InChI is InChI=1S/C23H31N5O/c1-18(19-10-4-3-5-11-19)29-17-9-16-26-23(24-2)25-15-8-14-22-27-20-12-6-7-13-21(20)28-22/h3-7,10-13,18H,8-9,14-17H2,1-2H3,(H,27,28)(H2,24,25,26). The Morgan fingerprint density at radius 2 is 1.76 bits per heavy atom. The van der Waals surface area contributed by atoms with Crippen molar-refractivity contribution in [2.45, 2.75) is 32.3 Å². The van der Waals surface area contributed by atoms with Gasteiger partial charge >= 0.3 is 0 Å². The first-order valence-corrected chi connectivity index (χ1v) is 10.3. The van der Waals surface area contributed by atoms with Crippen molar-refractivity contribution in [1.82, 2.24) is 20.6 Å². The minimum Gasteiger partial charge on any atom is -0.374 e. The van der Waals surface area contributed by atoms with E-state index in [1.54, 1.807) is 7.05 Å². The van der Waals surface area contributed by atoms with Crippen molar-refractivity contribution < 1.29 is 4.74 Å². The quantitative estimate of drug-likeness (QED) is 0.278. The molecule has 1 heterocycles. The third kappa shape index (κ3) is 6.61. The van der Waals surface area contributed by atoms with E-state index in [4.69, 9.17) is 4.74 Å². The number of rotatable bonds is 10. The molecule has 154 valence electrons. The lowest BCUT2D eigenvalue weighted by atomic mass is 10.1. The summed E-state index contributed by atoms with van der Waals surface area (Å²) in [6.45, 7) is 4.47. The topological polar surface area (TPSA) is 74.3 Å². The molecule has 0 saturated carbocycles. The first kappa shape index (κ1) is 20.9. The fourth-order valence-corrected chi connectivity index (χ4v) is 3.17. The average molecular weight is 394 g/mol. The predicted octanol–water partition coefficient (Wildman–Crippen LogP) is 3.83. The number of imidazole rings is 1. The monoisotopic (exact) mass is 393 g/mol. The van der Waals surface area contributed by atoms with Gasteiger partial charge in [0.1, 0.15) is 5.82 Å². The van der Waals surface area contributed by atoms with E-state index in [0.717, 1.165) is 55.2 Å². The summed E-state index contributed by atoms with van der Waals surface area (Å²) in [6.07, 6.45) is 2.94. The molecule has 3 aromatic rings. The Kier molecular flexibility index (Phi) is 8.07. The molecule has 3 rings (SSSR count). The summed E-state index contributed by atoms with van der Waals surface area (Å²) < 4.78 is 5.91. The van der Waals surface area contributed by atoms with Gasteiger partial charge in [0.05, 0.1) is 17.1 Å². The van der Waals surface area contributed by atoms with Gasteiger partial charge in [-0.2, -0.15) is 0 Å². The molecule has 0 aliphatic rings. The van der Waals surface area contributed by atoms with Gasteiger partial charge in [-0.15, -0.1) is 0 Å². The van der Waals surface area contributed by atoms with Gasteiger partial charge in [-0.1, -0.05) is 42.5 Å². The highest BCUT2D eigenvalue weighted by Gasteiger charge is 2.05. The van der Waals surface area contributed by atoms with Crippen molar-refractivity contribution in [3.05, 3.63) is 66.0 Å². The second-order valence-corrected chi connectivity index (χ2v) is 7.01. The number of ether oxygens (including phenoxy) is 1. The molecule has 0 aliphatic heterocycles. The fourth-order valence-electron chi connectivity index (χ4n) is 3.17. The first-order valence-electron chi connectivity index (χ1n) is 10.3. The van der Waals surface area contributed by atoms with E-state index >= 15 is 0 Å². The minimum atomic E-state index is 0.117. The zero-order chi connectivity index (χ0) is 20.3. The van der Waals surface area contributed by atoms with Gasteiger partial charge in [0.15, 0.2) is 5.96 Å². The molecule has 0 bridgehead atoms. The summed E-state index contributed by atoms with van der Waals surface area (Å²) in [4.78, 5) is 12.3. The smallest absolute Gasteiger partial charge is 0.190 e. The number of nitrogens with zero attached hydrogens (tertiary/aromatic N) is 2. The molecule has 1 unspecified atom stereocenters. The summed E-state index contributed by atoms with van der Waals surface area (Å²) in [5.41, 5.74) is 3.33. The van der Waals surface area contributed by atoms with Crippen LogP contribution in [0.1, 0.15) is 37.3 Å². The number of hydrogen-bond donors (Lipinski definition) is 3. The van der Waals surface area contributed by atoms with Gasteiger partial charge in [-0.3, -0.25) is 4.99 Å². The van der Waals surface area contributed by atoms with Gasteiger partial charge < -0.3 is 20.4 Å². The van der Waals surface area contributed by atoms with Gasteiger partial charge in [-0.25, -0.2) is 4.98 Å². The Morgan fingerprint density at radius 3 is 2.52 bits per heavy atom. The van der Waals surface area contributed by atoms with E-state index in [0.29, 0.717) is 6.61 Å². The molecule has 0 saturated heterocycles. The average Bonchev–Trinajstić information content (AvgIpc) is 3.18. The number of aryl methyl sites for hydroxylation is 1. The van der Waals surface area contributed by atoms with Crippen LogP contribution in [0, 0.1) is 0 Å². The predicted molar refractivity (Wildman–Crippen MR) is 119 cm³/mol. The lowest BCUT2D eigenvalue weighted by Gasteiger charge is -2.14. The molecule has 3 N–H and O–H groups in total. The maximum Gasteiger partial charge on any atom is 0.190 e. The number of hydrogen-bond acceptors (Lipinski definition) is 3. The minimum absolute atomic E-state index is 0.117. The SMILES string of the molecule is CN=C(NCCCOC(C)c1ccccc1)NCCCc1nc2ccccc2[nH]1. The fraction of sp³-hybridized carbons (Fsp3) is 0.391. The zero-order valence-corrected chi connectivity index (χ0v) is 17.3. The van der Waals surface area contributed by atoms with Crippen molar-refractivity contribution >= 4 is 17.0 Å². The van der Waals surface area contributed by atoms with E-state index in [2.05, 4.69) is 50.7 Å². The van der Waals surface area contributed by atoms with Crippen LogP contribution in [-0.4, -0.2) is 42.7 Å². The highest BCUT2D eigenvalue weighted by Crippen LogP contribution is 2.15. The van der Waals surface area contributed by atoms with Crippen LogP contribution < -0.4 is 10.6 Å². The highest BCUT2D eigenvalue weighted by atomic mass is 16.5. The Morgan fingerprint density at radius 1 is 1.03 bits per heavy atom. The third-order valence-corrected chi connectivity index (χ3v) is 4.80. The molecule has 0 aliphatic carbocycles. The number of aromatic amines is 1. The Labute approximate surface area is 172 Å². The van der Waals surface area contributed by atoms with Gasteiger partial charge in [-0.05, 0) is 37.5 Å². The van der Waals surface area contributed by atoms with Crippen LogP contribution in [0.5, 0.6) is 0 Å². The largest absolute Gasteiger partial charge is 0.374 e. The zero-order valence-electron chi connectivity index (χ0n) is 17.3. The van der Waals surface area contributed by atoms with Crippen molar-refractivity contribution in [2.24, 2.45) is 4.99 Å². The Hall–Kier alpha value is -2.86. The number of fused-ring (bicyclic) bond motifs is 1. The van der Waals surface area contributed by atoms with Crippen LogP contribution in [0.25, 0.3) is 11.0 Å². The summed E-state index contributed by atoms with van der Waals surface area (Å²) in [5.74, 6) is 1.85. The van der Waals surface area contributed by atoms with Crippen molar-refractivity contribution in [3.63, 3.8) is 0 Å². The summed E-state index contributed by atoms with van der Waals surface area (Å²) in [5, 5.41) is 6.69. The summed E-state index contributed by atoms with van der Waals surface area (Å²) in [7, 11) is 1.79. The van der Waals surface area contributed by atoms with Crippen molar-refractivity contribution in [2.75, 3.05) is 26.7 Å². The number of guanidine groups is 1. The molecule has 6 nitrogen and oxygen atoms in total. The van der Waals surface area contributed by atoms with Crippen LogP contribution in [0.3, 0.4) is 0 Å². The number of aromatic nitrogens is 2. The van der Waals surface area contributed by atoms with E-state index in [1.807, 2.05) is 36.4 Å². The Balaban J connectivity index is 1.27. The number of H-pyrrole nitrogens is 1. The lowest BCUT2D eigenvalue weighted by molar-refractivity contribution is 0.0646. The highest BCUT2D eigenvalue weighted by molar-refractivity contribution is 5.79. The summed E-state index contributed by atoms with van der Waals surface area (Å²) in [6, 6.07) is 18.4. The third-order valence-electron chi connectivity index (χ3n) is 4.80. The summed E-state index contributed by atoms with van der Waals surface area (Å²) >= 11 is 0. The van der Waals surface area contributed by atoms with E-state index in [1.165, 1.54) is 5.56 Å². The maximum atomic E-state index is 5.91. The molecule has 6 heteroatoms. The van der Waals surface area contributed by atoms with Crippen LogP contribution in [0.2, 0.25) is 0 Å². The number of benzene rings is 2. The molecule has 0 amide bonds. The molecular formula is C23H31N5O. The van der Waals surface area contributed by atoms with Gasteiger partial charge in [0.2, 0.25) is 0 Å². The molecule has 2 aromatic carbocycles. The molecule has 0 fully saturated rings. The number of aliphatic imine (C=N–C) groups is 1. The molecular weight excluding hydrogens is 362 g/mol. The van der Waals surface area contributed by atoms with Gasteiger partial charge in [0.25, 0.3) is 0 Å². The van der Waals surface area contributed by atoms with Crippen molar-refractivity contribution in [3.8, 4) is 0 Å². The Bertz CT molecular complexity index is 857. The second-order valence-electron chi connectivity index (χ2n) is 7.01. The maximum absolute atomic E-state index is 5.91. The second kappa shape index (κ2) is 11.2. The molecule has 0 radical (unpaired) electrons. The number of para-hydroxylation sites is 2. The normalized spacial score (nSPS) is 12.8. The first-order chi connectivity index (χ1) is 14.3. The van der Waals surface area contributed by atoms with Gasteiger partial charge in [0, 0.05) is 33.2 Å². The van der Waals surface area contributed by atoms with E-state index in [-0.39, 0.29) is 6.10 Å². The van der Waals surface area contributed by atoms with Crippen LogP contribution in [0.4, 0.5) is 0 Å². The molecule has 1 atom stereocenters. The van der Waals surface area contributed by atoms with Crippen LogP contribution >= 0.6 is 0 Å².